The molecule has 0 bridgehead atoms. The third-order valence-corrected chi connectivity index (χ3v) is 11.3. The Labute approximate surface area is 353 Å². The molecule has 1 aromatic carbocycles. The number of rotatable bonds is 12. The Bertz CT molecular complexity index is 1850. The van der Waals surface area contributed by atoms with E-state index in [1.807, 2.05) is 74.2 Å². The highest BCUT2D eigenvalue weighted by Gasteiger charge is 2.33. The van der Waals surface area contributed by atoms with Crippen molar-refractivity contribution in [3.05, 3.63) is 82.6 Å². The largest absolute Gasteiger partial charge is 0.481 e. The highest BCUT2D eigenvalue weighted by molar-refractivity contribution is 6.30. The van der Waals surface area contributed by atoms with Crippen LogP contribution in [0, 0.1) is 17.8 Å². The third-order valence-electron chi connectivity index (χ3n) is 11.0. The number of pyridine rings is 2. The number of nitrogens with one attached hydrogen (secondary N) is 1. The van der Waals surface area contributed by atoms with Gasteiger partial charge in [-0.25, -0.2) is 14.8 Å². The van der Waals surface area contributed by atoms with Gasteiger partial charge in [0.05, 0.1) is 11.6 Å². The molecule has 0 saturated carbocycles. The van der Waals surface area contributed by atoms with Gasteiger partial charge in [0.1, 0.15) is 24.3 Å². The number of anilines is 2. The Morgan fingerprint density at radius 1 is 0.847 bits per heavy atom. The summed E-state index contributed by atoms with van der Waals surface area (Å²) in [6, 6.07) is 15.4. The molecule has 0 atom stereocenters. The van der Waals surface area contributed by atoms with E-state index in [0.29, 0.717) is 22.6 Å². The number of halogens is 1. The number of hydrogen-bond donors (Lipinski definition) is 3. The van der Waals surface area contributed by atoms with E-state index >= 15 is 0 Å². The van der Waals surface area contributed by atoms with Gasteiger partial charge in [-0.05, 0) is 158 Å². The van der Waals surface area contributed by atoms with Crippen LogP contribution in [0.25, 0.3) is 0 Å². The number of carbonyl (C=O) groups is 3. The number of nitrogens with zero attached hydrogens (tertiary/aromatic N) is 6. The van der Waals surface area contributed by atoms with Gasteiger partial charge in [0, 0.05) is 48.9 Å². The van der Waals surface area contributed by atoms with E-state index in [-0.39, 0.29) is 17.8 Å². The van der Waals surface area contributed by atoms with E-state index in [9.17, 15) is 14.4 Å². The standard InChI is InChI=1S/C25H32ClN5O2.C19H29N3O4/c1-33-29-24(19-2-4-22(26)5-3-19)20-9-14-31(15-10-20)25(32)21-7-12-30(13-8-21)17-18-6-11-28-23(27)16-18;1-19(2,3)26-18(25)21-16-13-14(6-9-20-16)5-4-10-22-11-7-15(8-12-22)17(23)24/h2-6,11,16,20-21H,7-10,12-15,17H2,1H3,(H2,27,28);6,9,13,15H,4-5,7-8,10-12H2,1-3H3,(H,23,24)(H,20,21,25). The lowest BCUT2D eigenvalue weighted by Gasteiger charge is -2.37. The van der Waals surface area contributed by atoms with E-state index < -0.39 is 17.7 Å². The molecule has 0 radical (unpaired) electrons. The number of carbonyl (C=O) groups excluding carboxylic acids is 2. The Kier molecular flexibility index (Phi) is 16.9. The fraction of sp³-hybridized carbons (Fsp3) is 0.545. The molecule has 0 unspecified atom stereocenters. The average molecular weight is 833 g/mol. The van der Waals surface area contributed by atoms with Crippen LogP contribution < -0.4 is 11.1 Å². The first-order valence-electron chi connectivity index (χ1n) is 20.7. The molecule has 59 heavy (non-hydrogen) atoms. The Hall–Kier alpha value is -4.79. The molecular weight excluding hydrogens is 772 g/mol. The van der Waals surface area contributed by atoms with Crippen LogP contribution in [-0.4, -0.2) is 112 Å². The maximum Gasteiger partial charge on any atom is 0.413 e. The van der Waals surface area contributed by atoms with Gasteiger partial charge in [-0.2, -0.15) is 0 Å². The van der Waals surface area contributed by atoms with Crippen LogP contribution in [-0.2, 0) is 32.1 Å². The first kappa shape index (κ1) is 45.3. The lowest BCUT2D eigenvalue weighted by molar-refractivity contribution is -0.143. The Morgan fingerprint density at radius 2 is 1.46 bits per heavy atom. The minimum absolute atomic E-state index is 0.115. The summed E-state index contributed by atoms with van der Waals surface area (Å²) in [6.45, 7) is 12.3. The number of carboxylic acid groups (broad SMARTS) is 1. The van der Waals surface area contributed by atoms with Crippen LogP contribution in [0.2, 0.25) is 5.02 Å². The first-order chi connectivity index (χ1) is 28.3. The van der Waals surface area contributed by atoms with E-state index in [0.717, 1.165) is 121 Å². The molecular formula is C44H61ClN8O6. The second-order valence-electron chi connectivity index (χ2n) is 16.6. The summed E-state index contributed by atoms with van der Waals surface area (Å²) in [5.74, 6) is 0.862. The number of likely N-dealkylation sites (tertiary alicyclic amines) is 3. The van der Waals surface area contributed by atoms with Crippen molar-refractivity contribution in [2.24, 2.45) is 22.9 Å². The Balaban J connectivity index is 0.000000231. The minimum atomic E-state index is -0.675. The number of aliphatic carboxylic acids is 1. The molecule has 6 rings (SSSR count). The van der Waals surface area contributed by atoms with Crippen LogP contribution in [0.5, 0.6) is 0 Å². The van der Waals surface area contributed by atoms with Gasteiger partial charge in [0.25, 0.3) is 0 Å². The van der Waals surface area contributed by atoms with Crippen molar-refractivity contribution in [2.45, 2.75) is 84.3 Å². The number of oxime groups is 1. The van der Waals surface area contributed by atoms with Crippen molar-refractivity contribution in [3.63, 3.8) is 0 Å². The highest BCUT2D eigenvalue weighted by Crippen LogP contribution is 2.28. The summed E-state index contributed by atoms with van der Waals surface area (Å²) in [7, 11) is 1.57. The lowest BCUT2D eigenvalue weighted by Crippen LogP contribution is -2.46. The fourth-order valence-electron chi connectivity index (χ4n) is 7.92. The van der Waals surface area contributed by atoms with E-state index in [4.69, 9.17) is 32.0 Å². The molecule has 0 spiro atoms. The SMILES string of the molecule is CC(C)(C)OC(=O)Nc1cc(CCCN2CCC(C(=O)O)CC2)ccn1.CON=C(c1ccc(Cl)cc1)C1CCN(C(=O)C2CCN(Cc3ccnc(N)c3)CC2)CC1. The number of carboxylic acids is 1. The number of nitrogen functional groups attached to an aromatic ring is 1. The summed E-state index contributed by atoms with van der Waals surface area (Å²) in [4.78, 5) is 56.1. The number of amides is 2. The number of hydrogen-bond acceptors (Lipinski definition) is 11. The summed E-state index contributed by atoms with van der Waals surface area (Å²) in [5.41, 5.74) is 9.48. The van der Waals surface area contributed by atoms with Gasteiger partial charge in [0.2, 0.25) is 5.91 Å². The predicted molar refractivity (Wildman–Crippen MR) is 230 cm³/mol. The number of benzene rings is 1. The zero-order valence-electron chi connectivity index (χ0n) is 34.9. The quantitative estimate of drug-likeness (QED) is 0.127. The summed E-state index contributed by atoms with van der Waals surface area (Å²) < 4.78 is 5.23. The third kappa shape index (κ3) is 14.8. The molecule has 2 aromatic heterocycles. The second kappa shape index (κ2) is 22.0. The number of aromatic nitrogens is 2. The molecule has 15 heteroatoms. The van der Waals surface area contributed by atoms with E-state index in [1.54, 1.807) is 19.5 Å². The molecule has 3 fully saturated rings. The molecule has 3 aromatic rings. The van der Waals surface area contributed by atoms with Gasteiger partial charge in [-0.1, -0.05) is 28.9 Å². The first-order valence-corrected chi connectivity index (χ1v) is 21.1. The Morgan fingerprint density at radius 3 is 2.08 bits per heavy atom. The highest BCUT2D eigenvalue weighted by atomic mass is 35.5. The van der Waals surface area contributed by atoms with E-state index in [2.05, 4.69) is 30.2 Å². The molecule has 5 heterocycles. The molecule has 14 nitrogen and oxygen atoms in total. The summed E-state index contributed by atoms with van der Waals surface area (Å²) in [5, 5.41) is 16.7. The van der Waals surface area contributed by atoms with Crippen LogP contribution in [0.4, 0.5) is 16.4 Å². The van der Waals surface area contributed by atoms with Crippen molar-refractivity contribution in [2.75, 3.05) is 64.0 Å². The number of aryl methyl sites for hydroxylation is 1. The number of nitrogens with two attached hydrogens (primary N) is 1. The molecule has 0 aliphatic carbocycles. The second-order valence-corrected chi connectivity index (χ2v) is 17.1. The van der Waals surface area contributed by atoms with Crippen molar-refractivity contribution >= 4 is 46.9 Å². The smallest absolute Gasteiger partial charge is 0.413 e. The van der Waals surface area contributed by atoms with Crippen LogP contribution in [0.15, 0.2) is 66.1 Å². The molecule has 4 N–H and O–H groups in total. The fourth-order valence-corrected chi connectivity index (χ4v) is 8.05. The predicted octanol–water partition coefficient (Wildman–Crippen LogP) is 6.98. The molecule has 3 saturated heterocycles. The van der Waals surface area contributed by atoms with Gasteiger partial charge >= 0.3 is 12.1 Å². The van der Waals surface area contributed by atoms with Gasteiger partial charge in [-0.15, -0.1) is 0 Å². The topological polar surface area (TPSA) is 176 Å². The van der Waals surface area contributed by atoms with Crippen LogP contribution >= 0.6 is 11.6 Å². The van der Waals surface area contributed by atoms with Gasteiger partial charge < -0.3 is 30.2 Å². The summed E-state index contributed by atoms with van der Waals surface area (Å²) in [6.07, 6.45) is 9.82. The van der Waals surface area contributed by atoms with Crippen molar-refractivity contribution < 1.29 is 29.1 Å². The molecule has 2 amide bonds. The molecule has 320 valence electrons. The minimum Gasteiger partial charge on any atom is -0.481 e. The van der Waals surface area contributed by atoms with Crippen molar-refractivity contribution in [1.29, 1.82) is 0 Å². The summed E-state index contributed by atoms with van der Waals surface area (Å²) >= 11 is 6.04. The van der Waals surface area contributed by atoms with Crippen molar-refractivity contribution in [1.82, 2.24) is 24.7 Å². The van der Waals surface area contributed by atoms with Crippen molar-refractivity contribution in [3.8, 4) is 0 Å². The maximum absolute atomic E-state index is 13.2. The molecule has 3 aliphatic rings. The number of ether oxygens (including phenoxy) is 1. The van der Waals surface area contributed by atoms with Gasteiger partial charge in [0.15, 0.2) is 0 Å². The average Bonchev–Trinajstić information content (AvgIpc) is 3.20. The monoisotopic (exact) mass is 832 g/mol. The molecule has 3 aliphatic heterocycles. The van der Waals surface area contributed by atoms with Crippen LogP contribution in [0.3, 0.4) is 0 Å². The van der Waals surface area contributed by atoms with Gasteiger partial charge in [-0.3, -0.25) is 19.8 Å². The maximum atomic E-state index is 13.2. The lowest BCUT2D eigenvalue weighted by atomic mass is 9.87. The zero-order chi connectivity index (χ0) is 42.4. The number of piperidine rings is 3. The van der Waals surface area contributed by atoms with Crippen LogP contribution in [0.1, 0.15) is 82.4 Å². The normalized spacial score (nSPS) is 17.8. The zero-order valence-corrected chi connectivity index (χ0v) is 35.7. The van der Waals surface area contributed by atoms with E-state index in [1.165, 1.54) is 5.56 Å².